The van der Waals surface area contributed by atoms with Crippen LogP contribution in [0.1, 0.15) is 11.1 Å². The lowest BCUT2D eigenvalue weighted by Gasteiger charge is -2.08. The first kappa shape index (κ1) is 20.4. The SMILES string of the molecule is O=[N+]([O-])c1ccc(CS(=O)(=O)NCc2ccc(Oc3cccc(F)c3)nc2)cc1. The van der Waals surface area contributed by atoms with Crippen molar-refractivity contribution in [1.29, 1.82) is 0 Å². The van der Waals surface area contributed by atoms with Gasteiger partial charge >= 0.3 is 0 Å². The molecule has 0 aliphatic heterocycles. The molecule has 1 N–H and O–H groups in total. The Morgan fingerprint density at radius 3 is 2.41 bits per heavy atom. The molecule has 0 unspecified atom stereocenters. The summed E-state index contributed by atoms with van der Waals surface area (Å²) in [4.78, 5) is 14.2. The van der Waals surface area contributed by atoms with Crippen LogP contribution in [0.25, 0.3) is 0 Å². The first-order valence-electron chi connectivity index (χ1n) is 8.40. The molecule has 0 aliphatic carbocycles. The summed E-state index contributed by atoms with van der Waals surface area (Å²) in [5.74, 6) is -0.192. The number of hydrogen-bond donors (Lipinski definition) is 1. The molecule has 0 aliphatic rings. The zero-order valence-electron chi connectivity index (χ0n) is 15.0. The molecule has 150 valence electrons. The average Bonchev–Trinajstić information content (AvgIpc) is 2.68. The molecule has 29 heavy (non-hydrogen) atoms. The maximum atomic E-state index is 13.2. The molecular weight excluding hydrogens is 401 g/mol. The molecular formula is C19H16FN3O5S. The highest BCUT2D eigenvalue weighted by Gasteiger charge is 2.13. The van der Waals surface area contributed by atoms with Crippen molar-refractivity contribution in [1.82, 2.24) is 9.71 Å². The predicted molar refractivity (Wildman–Crippen MR) is 103 cm³/mol. The third-order valence-corrected chi connectivity index (χ3v) is 5.11. The number of pyridine rings is 1. The van der Waals surface area contributed by atoms with Crippen LogP contribution in [0.5, 0.6) is 11.6 Å². The Kier molecular flexibility index (Phi) is 6.15. The third-order valence-electron chi connectivity index (χ3n) is 3.82. The van der Waals surface area contributed by atoms with E-state index in [1.807, 2.05) is 0 Å². The van der Waals surface area contributed by atoms with Crippen LogP contribution >= 0.6 is 0 Å². The van der Waals surface area contributed by atoms with Crippen LogP contribution in [0, 0.1) is 15.9 Å². The third kappa shape index (κ3) is 6.06. The number of aromatic nitrogens is 1. The molecule has 10 heteroatoms. The summed E-state index contributed by atoms with van der Waals surface area (Å²) >= 11 is 0. The topological polar surface area (TPSA) is 111 Å². The molecule has 1 aromatic heterocycles. The second-order valence-electron chi connectivity index (χ2n) is 6.07. The summed E-state index contributed by atoms with van der Waals surface area (Å²) in [7, 11) is -3.65. The molecule has 0 radical (unpaired) electrons. The summed E-state index contributed by atoms with van der Waals surface area (Å²) in [6, 6.07) is 14.1. The molecule has 3 aromatic rings. The smallest absolute Gasteiger partial charge is 0.269 e. The molecule has 0 atom stereocenters. The fourth-order valence-corrected chi connectivity index (χ4v) is 3.52. The Morgan fingerprint density at radius 2 is 1.79 bits per heavy atom. The van der Waals surface area contributed by atoms with Crippen LogP contribution in [0.3, 0.4) is 0 Å². The van der Waals surface area contributed by atoms with Gasteiger partial charge < -0.3 is 4.74 Å². The predicted octanol–water partition coefficient (Wildman–Crippen LogP) is 3.54. The molecule has 0 spiro atoms. The average molecular weight is 417 g/mol. The lowest BCUT2D eigenvalue weighted by Crippen LogP contribution is -2.24. The number of sulfonamides is 1. The Labute approximate surface area is 166 Å². The van der Waals surface area contributed by atoms with Gasteiger partial charge in [0, 0.05) is 37.0 Å². The van der Waals surface area contributed by atoms with E-state index in [0.717, 1.165) is 0 Å². The highest BCUT2D eigenvalue weighted by atomic mass is 32.2. The minimum absolute atomic E-state index is 0.0164. The number of nitrogens with one attached hydrogen (secondary N) is 1. The standard InChI is InChI=1S/C19H16FN3O5S/c20-16-2-1-3-18(10-16)28-19-9-6-15(11-21-19)12-22-29(26,27)13-14-4-7-17(8-5-14)23(24)25/h1-11,22H,12-13H2. The summed E-state index contributed by atoms with van der Waals surface area (Å²) < 4.78 is 45.4. The van der Waals surface area contributed by atoms with Crippen LogP contribution in [-0.4, -0.2) is 18.3 Å². The lowest BCUT2D eigenvalue weighted by molar-refractivity contribution is -0.384. The second kappa shape index (κ2) is 8.76. The monoisotopic (exact) mass is 417 g/mol. The van der Waals surface area contributed by atoms with E-state index in [0.29, 0.717) is 16.9 Å². The van der Waals surface area contributed by atoms with E-state index in [1.54, 1.807) is 18.2 Å². The van der Waals surface area contributed by atoms with Gasteiger partial charge in [0.1, 0.15) is 11.6 Å². The number of rotatable bonds is 8. The minimum atomic E-state index is -3.65. The fraction of sp³-hybridized carbons (Fsp3) is 0.105. The van der Waals surface area contributed by atoms with Gasteiger partial charge in [0.15, 0.2) is 0 Å². The van der Waals surface area contributed by atoms with Crippen molar-refractivity contribution in [2.75, 3.05) is 0 Å². The molecule has 2 aromatic carbocycles. The lowest BCUT2D eigenvalue weighted by atomic mass is 10.2. The van der Waals surface area contributed by atoms with Crippen LogP contribution in [-0.2, 0) is 22.3 Å². The van der Waals surface area contributed by atoms with Crippen LogP contribution in [0.2, 0.25) is 0 Å². The Balaban J connectivity index is 1.56. The van der Waals surface area contributed by atoms with Crippen molar-refractivity contribution in [2.45, 2.75) is 12.3 Å². The maximum absolute atomic E-state index is 13.2. The van der Waals surface area contributed by atoms with Crippen LogP contribution in [0.15, 0.2) is 66.9 Å². The zero-order valence-corrected chi connectivity index (χ0v) is 15.8. The summed E-state index contributed by atoms with van der Waals surface area (Å²) in [5, 5.41) is 10.6. The quantitative estimate of drug-likeness (QED) is 0.443. The fourth-order valence-electron chi connectivity index (χ4n) is 2.40. The molecule has 1 heterocycles. The van der Waals surface area contributed by atoms with Crippen molar-refractivity contribution >= 4 is 15.7 Å². The van der Waals surface area contributed by atoms with E-state index >= 15 is 0 Å². The van der Waals surface area contributed by atoms with Gasteiger partial charge in [0.25, 0.3) is 5.69 Å². The van der Waals surface area contributed by atoms with Crippen molar-refractivity contribution in [3.05, 3.63) is 93.9 Å². The number of ether oxygens (including phenoxy) is 1. The van der Waals surface area contributed by atoms with E-state index < -0.39 is 20.8 Å². The normalized spacial score (nSPS) is 11.2. The van der Waals surface area contributed by atoms with Crippen molar-refractivity contribution in [2.24, 2.45) is 0 Å². The zero-order chi connectivity index (χ0) is 20.9. The summed E-state index contributed by atoms with van der Waals surface area (Å²) in [6.07, 6.45) is 1.45. The van der Waals surface area contributed by atoms with E-state index in [9.17, 15) is 22.9 Å². The number of halogens is 1. The van der Waals surface area contributed by atoms with Gasteiger partial charge in [-0.15, -0.1) is 0 Å². The van der Waals surface area contributed by atoms with Gasteiger partial charge in [-0.3, -0.25) is 10.1 Å². The first-order chi connectivity index (χ1) is 13.8. The largest absolute Gasteiger partial charge is 0.439 e. The van der Waals surface area contributed by atoms with E-state index in [2.05, 4.69) is 9.71 Å². The Bertz CT molecular complexity index is 1100. The molecule has 8 nitrogen and oxygen atoms in total. The molecule has 3 rings (SSSR count). The number of non-ortho nitro benzene ring substituents is 1. The highest BCUT2D eigenvalue weighted by molar-refractivity contribution is 7.88. The van der Waals surface area contributed by atoms with Crippen molar-refractivity contribution in [3.63, 3.8) is 0 Å². The second-order valence-corrected chi connectivity index (χ2v) is 7.87. The van der Waals surface area contributed by atoms with Gasteiger partial charge in [0.05, 0.1) is 10.7 Å². The van der Waals surface area contributed by atoms with Crippen LogP contribution in [0.4, 0.5) is 10.1 Å². The summed E-state index contributed by atoms with van der Waals surface area (Å²) in [5.41, 5.74) is 0.926. The highest BCUT2D eigenvalue weighted by Crippen LogP contribution is 2.20. The minimum Gasteiger partial charge on any atom is -0.439 e. The Morgan fingerprint density at radius 1 is 1.07 bits per heavy atom. The molecule has 0 fully saturated rings. The van der Waals surface area contributed by atoms with Gasteiger partial charge in [-0.25, -0.2) is 22.5 Å². The van der Waals surface area contributed by atoms with Gasteiger partial charge in [-0.05, 0) is 23.3 Å². The van der Waals surface area contributed by atoms with Crippen molar-refractivity contribution < 1.29 is 22.5 Å². The first-order valence-corrected chi connectivity index (χ1v) is 10.0. The number of nitro benzene ring substituents is 1. The molecule has 0 bridgehead atoms. The Hall–Kier alpha value is -3.37. The van der Waals surface area contributed by atoms with Gasteiger partial charge in [-0.2, -0.15) is 0 Å². The maximum Gasteiger partial charge on any atom is 0.269 e. The van der Waals surface area contributed by atoms with Crippen molar-refractivity contribution in [3.8, 4) is 11.6 Å². The van der Waals surface area contributed by atoms with Gasteiger partial charge in [0.2, 0.25) is 15.9 Å². The summed E-state index contributed by atoms with van der Waals surface area (Å²) in [6.45, 7) is 0.0164. The van der Waals surface area contributed by atoms with E-state index in [1.165, 1.54) is 48.7 Å². The van der Waals surface area contributed by atoms with Crippen LogP contribution < -0.4 is 9.46 Å². The van der Waals surface area contributed by atoms with Gasteiger partial charge in [-0.1, -0.05) is 24.3 Å². The molecule has 0 amide bonds. The number of benzene rings is 2. The number of hydrogen-bond acceptors (Lipinski definition) is 6. The number of nitrogens with zero attached hydrogens (tertiary/aromatic N) is 2. The van der Waals surface area contributed by atoms with E-state index in [-0.39, 0.29) is 23.9 Å². The van der Waals surface area contributed by atoms with E-state index in [4.69, 9.17) is 4.74 Å². The molecule has 0 saturated carbocycles. The molecule has 0 saturated heterocycles. The number of nitro groups is 1.